The first-order chi connectivity index (χ1) is 17.3. The third kappa shape index (κ3) is 5.47. The Morgan fingerprint density at radius 2 is 1.86 bits per heavy atom. The highest BCUT2D eigenvalue weighted by Crippen LogP contribution is 2.63. The van der Waals surface area contributed by atoms with Crippen LogP contribution in [0.15, 0.2) is 18.2 Å². The molecule has 0 aliphatic heterocycles. The number of alkyl halides is 1. The lowest BCUT2D eigenvalue weighted by atomic mass is 9.51. The molecule has 0 spiro atoms. The lowest BCUT2D eigenvalue weighted by Crippen LogP contribution is -2.51. The molecule has 0 heterocycles. The van der Waals surface area contributed by atoms with Crippen molar-refractivity contribution < 1.29 is 19.4 Å². The van der Waals surface area contributed by atoms with Crippen molar-refractivity contribution in [3.8, 4) is 5.75 Å². The quantitative estimate of drug-likeness (QED) is 0.329. The summed E-state index contributed by atoms with van der Waals surface area (Å²) >= 11 is 0. The van der Waals surface area contributed by atoms with Gasteiger partial charge in [0.1, 0.15) is 11.9 Å². The maximum atomic E-state index is 15.9. The van der Waals surface area contributed by atoms with Crippen molar-refractivity contribution in [2.24, 2.45) is 23.2 Å². The van der Waals surface area contributed by atoms with E-state index in [-0.39, 0.29) is 28.9 Å². The van der Waals surface area contributed by atoms with Gasteiger partial charge < -0.3 is 15.1 Å². The van der Waals surface area contributed by atoms with Crippen LogP contribution in [0.2, 0.25) is 0 Å². The summed E-state index contributed by atoms with van der Waals surface area (Å²) < 4.78 is 15.9. The summed E-state index contributed by atoms with van der Waals surface area (Å²) in [5.41, 5.74) is 1.84. The number of nitrogens with zero attached hydrogens (tertiary/aromatic N) is 1. The Bertz CT molecular complexity index is 891. The largest absolute Gasteiger partial charge is 0.508 e. The van der Waals surface area contributed by atoms with Crippen molar-refractivity contribution in [1.82, 2.24) is 4.90 Å². The molecule has 0 bridgehead atoms. The molecule has 0 aromatic heterocycles. The number of hydrogen-bond acceptors (Lipinski definition) is 3. The molecule has 2 saturated carbocycles. The van der Waals surface area contributed by atoms with E-state index in [4.69, 9.17) is 0 Å². The number of phenols is 1. The monoisotopic (exact) mass is 501 g/mol. The first-order valence-corrected chi connectivity index (χ1v) is 14.7. The number of carbonyl (C=O) groups is 1. The molecule has 2 fully saturated rings. The first-order valence-electron chi connectivity index (χ1n) is 14.7. The Balaban J connectivity index is 1.46. The molecule has 0 unspecified atom stereocenters. The van der Waals surface area contributed by atoms with Gasteiger partial charge in [-0.05, 0) is 91.4 Å². The summed E-state index contributed by atoms with van der Waals surface area (Å²) in [5.74, 6) is 1.28. The molecule has 1 aromatic carbocycles. The molecule has 5 heteroatoms. The van der Waals surface area contributed by atoms with Gasteiger partial charge in [0.2, 0.25) is 5.91 Å². The lowest BCUT2D eigenvalue weighted by molar-refractivity contribution is -0.131. The molecule has 1 aromatic rings. The number of carbonyl (C=O) groups excluding carboxylic acids is 1. The van der Waals surface area contributed by atoms with Crippen LogP contribution in [0.4, 0.5) is 4.39 Å². The van der Waals surface area contributed by atoms with Crippen LogP contribution in [0.5, 0.6) is 5.75 Å². The van der Waals surface area contributed by atoms with Gasteiger partial charge in [-0.1, -0.05) is 52.5 Å². The van der Waals surface area contributed by atoms with E-state index in [2.05, 4.69) is 18.7 Å². The van der Waals surface area contributed by atoms with Crippen molar-refractivity contribution in [3.05, 3.63) is 29.3 Å². The van der Waals surface area contributed by atoms with Crippen LogP contribution in [0.25, 0.3) is 0 Å². The molecule has 2 N–H and O–H groups in total. The Kier molecular flexibility index (Phi) is 9.01. The standard InChI is InChI=1S/C31H48FNO3/c1-4-6-7-9-16-33(28(36)5-2)17-10-8-11-21-18-22-19-23(34)12-13-24(22)30-26(32)20-31(3)25(29(21)30)14-15-27(31)35/h12-13,19,21,25-27,29-30,34-35H,4-11,14-18,20H2,1-3H3/t21-,25+,26+,27+,29+,30+,31+/m1/s1. The summed E-state index contributed by atoms with van der Waals surface area (Å²) in [4.78, 5) is 14.5. The molecule has 0 saturated heterocycles. The average molecular weight is 502 g/mol. The number of halogens is 1. The second-order valence-electron chi connectivity index (χ2n) is 12.2. The molecule has 202 valence electrons. The third-order valence-corrected chi connectivity index (χ3v) is 9.96. The fraction of sp³-hybridized carbons (Fsp3) is 0.774. The Hall–Kier alpha value is -1.62. The number of fused-ring (bicyclic) bond motifs is 5. The summed E-state index contributed by atoms with van der Waals surface area (Å²) in [7, 11) is 0. The Morgan fingerprint density at radius 1 is 1.11 bits per heavy atom. The van der Waals surface area contributed by atoms with Gasteiger partial charge in [-0.3, -0.25) is 4.79 Å². The van der Waals surface area contributed by atoms with E-state index in [9.17, 15) is 15.0 Å². The molecule has 4 nitrogen and oxygen atoms in total. The van der Waals surface area contributed by atoms with Gasteiger partial charge in [0.05, 0.1) is 6.10 Å². The van der Waals surface area contributed by atoms with E-state index in [0.717, 1.165) is 69.2 Å². The number of benzene rings is 1. The van der Waals surface area contributed by atoms with Crippen LogP contribution in [-0.4, -0.2) is 46.4 Å². The minimum absolute atomic E-state index is 0.139. The molecule has 1 amide bonds. The van der Waals surface area contributed by atoms with Gasteiger partial charge in [-0.15, -0.1) is 0 Å². The van der Waals surface area contributed by atoms with E-state index in [1.54, 1.807) is 6.07 Å². The van der Waals surface area contributed by atoms with Crippen LogP contribution >= 0.6 is 0 Å². The molecule has 36 heavy (non-hydrogen) atoms. The lowest BCUT2D eigenvalue weighted by Gasteiger charge is -2.54. The highest BCUT2D eigenvalue weighted by Gasteiger charge is 2.59. The molecule has 7 atom stereocenters. The van der Waals surface area contributed by atoms with Crippen molar-refractivity contribution in [2.45, 2.75) is 116 Å². The maximum absolute atomic E-state index is 15.9. The SMILES string of the molecule is CCCCCCN(CCCC[C@@H]1Cc2cc(O)ccc2[C@@H]2[C@@H]1[C@@H]1CC[C@H](O)[C@@]1(C)C[C@@H]2F)C(=O)CC. The molecule has 0 radical (unpaired) electrons. The number of aliphatic hydroxyl groups excluding tert-OH is 1. The first kappa shape index (κ1) is 27.4. The van der Waals surface area contributed by atoms with E-state index in [0.29, 0.717) is 24.7 Å². The summed E-state index contributed by atoms with van der Waals surface area (Å²) in [6.07, 6.45) is 9.92. The van der Waals surface area contributed by atoms with Gasteiger partial charge in [-0.2, -0.15) is 0 Å². The fourth-order valence-corrected chi connectivity index (χ4v) is 8.06. The van der Waals surface area contributed by atoms with E-state index in [1.165, 1.54) is 19.3 Å². The van der Waals surface area contributed by atoms with Crippen molar-refractivity contribution in [2.75, 3.05) is 13.1 Å². The number of amides is 1. The van der Waals surface area contributed by atoms with Crippen LogP contribution in [0.1, 0.15) is 108 Å². The van der Waals surface area contributed by atoms with Gasteiger partial charge in [0, 0.05) is 25.4 Å². The summed E-state index contributed by atoms with van der Waals surface area (Å²) in [6.45, 7) is 7.93. The van der Waals surface area contributed by atoms with E-state index in [1.807, 2.05) is 19.1 Å². The maximum Gasteiger partial charge on any atom is 0.222 e. The second kappa shape index (κ2) is 11.8. The normalized spacial score (nSPS) is 33.0. The zero-order valence-corrected chi connectivity index (χ0v) is 22.7. The molecule has 3 aliphatic rings. The molecular weight excluding hydrogens is 453 g/mol. The predicted octanol–water partition coefficient (Wildman–Crippen LogP) is 6.77. The van der Waals surface area contributed by atoms with Crippen LogP contribution in [0.3, 0.4) is 0 Å². The Labute approximate surface area is 217 Å². The highest BCUT2D eigenvalue weighted by molar-refractivity contribution is 5.75. The fourth-order valence-electron chi connectivity index (χ4n) is 8.06. The molecule has 3 aliphatic carbocycles. The number of phenolic OH excluding ortho intramolecular Hbond substituents is 1. The zero-order chi connectivity index (χ0) is 25.9. The zero-order valence-electron chi connectivity index (χ0n) is 22.7. The van der Waals surface area contributed by atoms with Gasteiger partial charge >= 0.3 is 0 Å². The third-order valence-electron chi connectivity index (χ3n) is 9.96. The minimum Gasteiger partial charge on any atom is -0.508 e. The Morgan fingerprint density at radius 3 is 2.58 bits per heavy atom. The predicted molar refractivity (Wildman–Crippen MR) is 143 cm³/mol. The topological polar surface area (TPSA) is 60.8 Å². The van der Waals surface area contributed by atoms with Gasteiger partial charge in [0.25, 0.3) is 0 Å². The molecular formula is C31H48FNO3. The van der Waals surface area contributed by atoms with Gasteiger partial charge in [0.15, 0.2) is 0 Å². The van der Waals surface area contributed by atoms with Crippen LogP contribution in [-0.2, 0) is 11.2 Å². The van der Waals surface area contributed by atoms with Crippen molar-refractivity contribution in [1.29, 1.82) is 0 Å². The smallest absolute Gasteiger partial charge is 0.222 e. The van der Waals surface area contributed by atoms with Gasteiger partial charge in [-0.25, -0.2) is 4.39 Å². The van der Waals surface area contributed by atoms with E-state index >= 15 is 4.39 Å². The number of rotatable bonds is 11. The average Bonchev–Trinajstić information content (AvgIpc) is 3.15. The molecule has 4 rings (SSSR count). The number of aromatic hydroxyl groups is 1. The second-order valence-corrected chi connectivity index (χ2v) is 12.2. The van der Waals surface area contributed by atoms with Crippen molar-refractivity contribution >= 4 is 5.91 Å². The highest BCUT2D eigenvalue weighted by atomic mass is 19.1. The summed E-state index contributed by atoms with van der Waals surface area (Å²) in [6, 6.07) is 5.51. The number of hydrogen-bond donors (Lipinski definition) is 2. The number of aliphatic hydroxyl groups is 1. The van der Waals surface area contributed by atoms with E-state index < -0.39 is 12.3 Å². The van der Waals surface area contributed by atoms with Crippen LogP contribution in [0, 0.1) is 23.2 Å². The van der Waals surface area contributed by atoms with Crippen molar-refractivity contribution in [3.63, 3.8) is 0 Å². The summed E-state index contributed by atoms with van der Waals surface area (Å²) in [5, 5.41) is 21.0. The van der Waals surface area contributed by atoms with Crippen LogP contribution < -0.4 is 0 Å². The number of unbranched alkanes of at least 4 members (excludes halogenated alkanes) is 4. The minimum atomic E-state index is -0.962.